The van der Waals surface area contributed by atoms with Crippen LogP contribution in [0.5, 0.6) is 0 Å². The Morgan fingerprint density at radius 1 is 1.20 bits per heavy atom. The van der Waals surface area contributed by atoms with Gasteiger partial charge in [0, 0.05) is 25.7 Å². The molecule has 0 radical (unpaired) electrons. The minimum absolute atomic E-state index is 0.371. The molecule has 1 aromatic rings. The molecule has 0 heterocycles. The highest BCUT2D eigenvalue weighted by molar-refractivity contribution is 5.25. The lowest BCUT2D eigenvalue weighted by Gasteiger charge is -2.29. The summed E-state index contributed by atoms with van der Waals surface area (Å²) in [6, 6.07) is 9.77. The number of methoxy groups -OCH3 is 1. The van der Waals surface area contributed by atoms with E-state index in [1.54, 1.807) is 7.11 Å². The molecule has 3 heteroatoms. The van der Waals surface area contributed by atoms with E-state index in [4.69, 9.17) is 4.74 Å². The Labute approximate surface area is 124 Å². The zero-order valence-corrected chi connectivity index (χ0v) is 13.6. The lowest BCUT2D eigenvalue weighted by Crippen LogP contribution is -2.39. The van der Waals surface area contributed by atoms with Crippen LogP contribution in [0.3, 0.4) is 0 Å². The lowest BCUT2D eigenvalue weighted by molar-refractivity contribution is 0.109. The summed E-state index contributed by atoms with van der Waals surface area (Å²) in [5.41, 5.74) is 2.76. The Morgan fingerprint density at radius 2 is 1.85 bits per heavy atom. The van der Waals surface area contributed by atoms with Crippen molar-refractivity contribution in [3.05, 3.63) is 35.4 Å². The standard InChI is InChI=1S/C17H30N2O/c1-6-15-8-10-16(11-9-15)17(18-7-2)12-19(4)14(3)13-20-5/h8-11,14,17-18H,6-7,12-13H2,1-5H3. The minimum Gasteiger partial charge on any atom is -0.383 e. The molecule has 1 aromatic carbocycles. The van der Waals surface area contributed by atoms with Gasteiger partial charge >= 0.3 is 0 Å². The van der Waals surface area contributed by atoms with E-state index in [0.29, 0.717) is 12.1 Å². The maximum absolute atomic E-state index is 5.24. The molecule has 0 aliphatic carbocycles. The van der Waals surface area contributed by atoms with Crippen LogP contribution < -0.4 is 5.32 Å². The van der Waals surface area contributed by atoms with Gasteiger partial charge in [-0.25, -0.2) is 0 Å². The smallest absolute Gasteiger partial charge is 0.0615 e. The Bertz CT molecular complexity index is 364. The number of nitrogens with zero attached hydrogens (tertiary/aromatic N) is 1. The van der Waals surface area contributed by atoms with Gasteiger partial charge in [-0.05, 0) is 38.1 Å². The quantitative estimate of drug-likeness (QED) is 0.752. The molecule has 0 spiro atoms. The first-order chi connectivity index (χ1) is 9.62. The van der Waals surface area contributed by atoms with Crippen LogP contribution in [0.15, 0.2) is 24.3 Å². The number of likely N-dealkylation sites (N-methyl/N-ethyl adjacent to an activating group) is 2. The molecule has 0 fully saturated rings. The second-order valence-corrected chi connectivity index (χ2v) is 5.45. The van der Waals surface area contributed by atoms with Gasteiger partial charge in [-0.2, -0.15) is 0 Å². The first-order valence-electron chi connectivity index (χ1n) is 7.63. The van der Waals surface area contributed by atoms with Crippen LogP contribution in [0, 0.1) is 0 Å². The predicted molar refractivity (Wildman–Crippen MR) is 86.2 cm³/mol. The van der Waals surface area contributed by atoms with Crippen molar-refractivity contribution in [3.8, 4) is 0 Å². The van der Waals surface area contributed by atoms with Crippen molar-refractivity contribution in [2.45, 2.75) is 39.3 Å². The Morgan fingerprint density at radius 3 is 2.35 bits per heavy atom. The zero-order valence-electron chi connectivity index (χ0n) is 13.6. The van der Waals surface area contributed by atoms with Gasteiger partial charge in [-0.15, -0.1) is 0 Å². The van der Waals surface area contributed by atoms with Crippen LogP contribution in [-0.4, -0.2) is 44.8 Å². The molecule has 1 N–H and O–H groups in total. The Kier molecular flexibility index (Phi) is 7.82. The fourth-order valence-electron chi connectivity index (χ4n) is 2.36. The van der Waals surface area contributed by atoms with Gasteiger partial charge in [0.05, 0.1) is 6.61 Å². The van der Waals surface area contributed by atoms with Crippen molar-refractivity contribution in [1.82, 2.24) is 10.2 Å². The third-order valence-electron chi connectivity index (χ3n) is 3.87. The molecule has 2 unspecified atom stereocenters. The van der Waals surface area contributed by atoms with Crippen molar-refractivity contribution in [2.75, 3.05) is 33.9 Å². The minimum atomic E-state index is 0.371. The fraction of sp³-hybridized carbons (Fsp3) is 0.647. The average Bonchev–Trinajstić information content (AvgIpc) is 2.47. The van der Waals surface area contributed by atoms with Crippen LogP contribution in [0.4, 0.5) is 0 Å². The maximum atomic E-state index is 5.24. The highest BCUT2D eigenvalue weighted by Gasteiger charge is 2.16. The summed E-state index contributed by atoms with van der Waals surface area (Å²) >= 11 is 0. The van der Waals surface area contributed by atoms with Crippen molar-refractivity contribution in [1.29, 1.82) is 0 Å². The van der Waals surface area contributed by atoms with Crippen LogP contribution in [0.1, 0.15) is 37.9 Å². The van der Waals surface area contributed by atoms with Crippen molar-refractivity contribution in [2.24, 2.45) is 0 Å². The number of benzene rings is 1. The third-order valence-corrected chi connectivity index (χ3v) is 3.87. The summed E-state index contributed by atoms with van der Waals surface area (Å²) in [6.45, 7) is 9.29. The van der Waals surface area contributed by atoms with Crippen molar-refractivity contribution < 1.29 is 4.74 Å². The molecule has 0 aromatic heterocycles. The largest absolute Gasteiger partial charge is 0.383 e. The number of aryl methyl sites for hydroxylation is 1. The first kappa shape index (κ1) is 17.2. The number of nitrogens with one attached hydrogen (secondary N) is 1. The molecule has 20 heavy (non-hydrogen) atoms. The molecule has 0 amide bonds. The second-order valence-electron chi connectivity index (χ2n) is 5.45. The van der Waals surface area contributed by atoms with Crippen LogP contribution in [0.2, 0.25) is 0 Å². The van der Waals surface area contributed by atoms with Gasteiger partial charge in [0.25, 0.3) is 0 Å². The van der Waals surface area contributed by atoms with E-state index >= 15 is 0 Å². The average molecular weight is 278 g/mol. The monoisotopic (exact) mass is 278 g/mol. The van der Waals surface area contributed by atoms with Gasteiger partial charge < -0.3 is 10.1 Å². The summed E-state index contributed by atoms with van der Waals surface area (Å²) in [5.74, 6) is 0. The van der Waals surface area contributed by atoms with E-state index in [1.807, 2.05) is 0 Å². The molecule has 3 nitrogen and oxygen atoms in total. The van der Waals surface area contributed by atoms with Crippen molar-refractivity contribution >= 4 is 0 Å². The van der Waals surface area contributed by atoms with Gasteiger partial charge in [0.1, 0.15) is 0 Å². The lowest BCUT2D eigenvalue weighted by atomic mass is 10.0. The van der Waals surface area contributed by atoms with Gasteiger partial charge in [0.2, 0.25) is 0 Å². The molecule has 0 aliphatic rings. The normalized spacial score (nSPS) is 14.5. The SMILES string of the molecule is CCNC(CN(C)C(C)COC)c1ccc(CC)cc1. The predicted octanol–water partition coefficient (Wildman–Crippen LogP) is 2.87. The number of hydrogen-bond acceptors (Lipinski definition) is 3. The summed E-state index contributed by atoms with van der Waals surface area (Å²) < 4.78 is 5.24. The summed E-state index contributed by atoms with van der Waals surface area (Å²) in [6.07, 6.45) is 1.09. The topological polar surface area (TPSA) is 24.5 Å². The Balaban J connectivity index is 2.71. The molecule has 0 bridgehead atoms. The molecule has 114 valence electrons. The Hall–Kier alpha value is -0.900. The molecule has 0 saturated heterocycles. The second kappa shape index (κ2) is 9.11. The molecule has 0 saturated carbocycles. The van der Waals surface area contributed by atoms with Crippen LogP contribution in [0.25, 0.3) is 0 Å². The zero-order chi connectivity index (χ0) is 15.0. The summed E-state index contributed by atoms with van der Waals surface area (Å²) in [5, 5.41) is 3.58. The number of ether oxygens (including phenoxy) is 1. The van der Waals surface area contributed by atoms with Gasteiger partial charge in [0.15, 0.2) is 0 Å². The highest BCUT2D eigenvalue weighted by Crippen LogP contribution is 2.16. The molecule has 1 rings (SSSR count). The molecule has 0 aliphatic heterocycles. The summed E-state index contributed by atoms with van der Waals surface area (Å²) in [4.78, 5) is 2.35. The molecule has 2 atom stereocenters. The van der Waals surface area contributed by atoms with E-state index in [2.05, 4.69) is 62.3 Å². The highest BCUT2D eigenvalue weighted by atomic mass is 16.5. The van der Waals surface area contributed by atoms with E-state index in [0.717, 1.165) is 26.1 Å². The van der Waals surface area contributed by atoms with E-state index in [1.165, 1.54) is 11.1 Å². The number of rotatable bonds is 9. The van der Waals surface area contributed by atoms with E-state index in [9.17, 15) is 0 Å². The summed E-state index contributed by atoms with van der Waals surface area (Å²) in [7, 11) is 3.92. The van der Waals surface area contributed by atoms with Crippen LogP contribution >= 0.6 is 0 Å². The van der Waals surface area contributed by atoms with E-state index in [-0.39, 0.29) is 0 Å². The van der Waals surface area contributed by atoms with Crippen LogP contribution in [-0.2, 0) is 11.2 Å². The van der Waals surface area contributed by atoms with Gasteiger partial charge in [-0.1, -0.05) is 38.1 Å². The third kappa shape index (κ3) is 5.23. The fourth-order valence-corrected chi connectivity index (χ4v) is 2.36. The number of hydrogen-bond donors (Lipinski definition) is 1. The maximum Gasteiger partial charge on any atom is 0.0615 e. The van der Waals surface area contributed by atoms with E-state index < -0.39 is 0 Å². The first-order valence-corrected chi connectivity index (χ1v) is 7.63. The molecular formula is C17H30N2O. The molecular weight excluding hydrogens is 248 g/mol. The van der Waals surface area contributed by atoms with Crippen molar-refractivity contribution in [3.63, 3.8) is 0 Å². The van der Waals surface area contributed by atoms with Gasteiger partial charge in [-0.3, -0.25) is 4.90 Å².